The fraction of sp³-hybridized carbons (Fsp3) is 0.231. The largest absolute Gasteiger partial charge is 0.477 e. The quantitative estimate of drug-likeness (QED) is 0.397. The van der Waals surface area contributed by atoms with Gasteiger partial charge in [-0.05, 0) is 48.4 Å². The Kier molecular flexibility index (Phi) is 4.54. The van der Waals surface area contributed by atoms with Gasteiger partial charge >= 0.3 is 5.97 Å². The molecule has 1 fully saturated rings. The molecule has 0 bridgehead atoms. The number of nitrogens with one attached hydrogen (secondary N) is 1. The molecule has 9 heteroatoms. The number of pyridine rings is 2. The van der Waals surface area contributed by atoms with Crippen molar-refractivity contribution < 1.29 is 18.7 Å². The van der Waals surface area contributed by atoms with Crippen LogP contribution in [0.25, 0.3) is 27.9 Å². The van der Waals surface area contributed by atoms with E-state index in [0.717, 1.165) is 24.6 Å². The molecule has 1 saturated carbocycles. The van der Waals surface area contributed by atoms with E-state index in [4.69, 9.17) is 0 Å². The summed E-state index contributed by atoms with van der Waals surface area (Å²) in [6.07, 6.45) is 6.53. The first-order valence-electron chi connectivity index (χ1n) is 11.3. The van der Waals surface area contributed by atoms with E-state index < -0.39 is 28.7 Å². The fourth-order valence-corrected chi connectivity index (χ4v) is 5.15. The molecule has 0 radical (unpaired) electrons. The molecule has 4 aromatic rings. The first-order chi connectivity index (χ1) is 16.8. The number of rotatable bonds is 4. The molecule has 176 valence electrons. The van der Waals surface area contributed by atoms with Gasteiger partial charge in [-0.25, -0.2) is 18.6 Å². The average molecular weight is 474 g/mol. The maximum atomic E-state index is 15.2. The molecule has 35 heavy (non-hydrogen) atoms. The minimum atomic E-state index is -1.35. The molecular formula is C26H20F2N4O3. The van der Waals surface area contributed by atoms with Crippen LogP contribution in [0.3, 0.4) is 0 Å². The molecule has 3 aromatic heterocycles. The molecule has 0 spiro atoms. The topological polar surface area (TPSA) is 96.6 Å². The molecule has 7 nitrogen and oxygen atoms in total. The maximum absolute atomic E-state index is 15.2. The lowest BCUT2D eigenvalue weighted by atomic mass is 9.91. The Bertz CT molecular complexity index is 1660. The second kappa shape index (κ2) is 7.43. The molecule has 2 aliphatic rings. The van der Waals surface area contributed by atoms with Crippen molar-refractivity contribution in [2.75, 3.05) is 12.4 Å². The lowest BCUT2D eigenvalue weighted by molar-refractivity contribution is 0.0694. The van der Waals surface area contributed by atoms with Crippen LogP contribution in [0.1, 0.15) is 51.5 Å². The Morgan fingerprint density at radius 3 is 2.63 bits per heavy atom. The van der Waals surface area contributed by atoms with Gasteiger partial charge in [0.05, 0.1) is 5.69 Å². The van der Waals surface area contributed by atoms with Crippen LogP contribution in [0.5, 0.6) is 0 Å². The van der Waals surface area contributed by atoms with Gasteiger partial charge < -0.3 is 10.4 Å². The van der Waals surface area contributed by atoms with Gasteiger partial charge in [0.15, 0.2) is 11.6 Å². The second-order valence-electron chi connectivity index (χ2n) is 9.07. The number of carbonyl (C=O) groups is 1. The maximum Gasteiger partial charge on any atom is 0.342 e. The Morgan fingerprint density at radius 1 is 1.17 bits per heavy atom. The number of anilines is 1. The third-order valence-corrected chi connectivity index (χ3v) is 6.90. The van der Waals surface area contributed by atoms with Crippen molar-refractivity contribution in [2.24, 2.45) is 0 Å². The van der Waals surface area contributed by atoms with Crippen LogP contribution < -0.4 is 10.9 Å². The molecule has 0 unspecified atom stereocenters. The Morgan fingerprint density at radius 2 is 1.94 bits per heavy atom. The van der Waals surface area contributed by atoms with Crippen LogP contribution in [0.2, 0.25) is 0 Å². The Labute approximate surface area is 198 Å². The van der Waals surface area contributed by atoms with Crippen molar-refractivity contribution in [1.82, 2.24) is 14.4 Å². The number of carboxylic acid groups (broad SMARTS) is 1. The third kappa shape index (κ3) is 3.07. The van der Waals surface area contributed by atoms with Gasteiger partial charge in [0.25, 0.3) is 5.56 Å². The Balaban J connectivity index is 1.65. The summed E-state index contributed by atoms with van der Waals surface area (Å²) in [7, 11) is 1.67. The van der Waals surface area contributed by atoms with E-state index in [1.165, 1.54) is 10.5 Å². The number of benzene rings is 1. The number of nitrogens with zero attached hydrogens (tertiary/aromatic N) is 3. The first kappa shape index (κ1) is 21.4. The molecule has 0 aliphatic heterocycles. The number of aromatic carboxylic acids is 1. The number of fused-ring (bicyclic) bond motifs is 4. The van der Waals surface area contributed by atoms with Crippen molar-refractivity contribution in [3.05, 3.63) is 80.7 Å². The molecule has 0 saturated heterocycles. The SMILES string of the molecule is CNc1cc(F)c(F)c2c1Cc1ncc(-c3cc(C)c4ncc(C(=O)O)c(=O)n4c3)c(C3CC3)c1-2. The lowest BCUT2D eigenvalue weighted by Gasteiger charge is -2.17. The van der Waals surface area contributed by atoms with E-state index in [9.17, 15) is 19.1 Å². The minimum Gasteiger partial charge on any atom is -0.477 e. The predicted molar refractivity (Wildman–Crippen MR) is 126 cm³/mol. The van der Waals surface area contributed by atoms with Crippen LogP contribution >= 0.6 is 0 Å². The van der Waals surface area contributed by atoms with E-state index in [1.54, 1.807) is 26.4 Å². The summed E-state index contributed by atoms with van der Waals surface area (Å²) >= 11 is 0. The van der Waals surface area contributed by atoms with Crippen LogP contribution in [-0.4, -0.2) is 32.5 Å². The fourth-order valence-electron chi connectivity index (χ4n) is 5.15. The van der Waals surface area contributed by atoms with E-state index in [2.05, 4.69) is 15.3 Å². The summed E-state index contributed by atoms with van der Waals surface area (Å²) in [6.45, 7) is 1.78. The zero-order chi connectivity index (χ0) is 24.6. The van der Waals surface area contributed by atoms with Crippen LogP contribution in [0, 0.1) is 18.6 Å². The molecule has 0 atom stereocenters. The molecule has 0 amide bonds. The molecule has 3 heterocycles. The van der Waals surface area contributed by atoms with Gasteiger partial charge in [-0.3, -0.25) is 14.2 Å². The number of halogens is 2. The molecule has 6 rings (SSSR count). The molecule has 2 aliphatic carbocycles. The lowest BCUT2D eigenvalue weighted by Crippen LogP contribution is -2.23. The van der Waals surface area contributed by atoms with Crippen molar-refractivity contribution in [2.45, 2.75) is 32.1 Å². The van der Waals surface area contributed by atoms with Crippen molar-refractivity contribution in [3.63, 3.8) is 0 Å². The van der Waals surface area contributed by atoms with Gasteiger partial charge in [-0.2, -0.15) is 0 Å². The summed E-state index contributed by atoms with van der Waals surface area (Å²) in [5, 5.41) is 12.3. The number of hydrogen-bond donors (Lipinski definition) is 2. The number of carboxylic acids is 1. The number of aryl methyl sites for hydroxylation is 1. The zero-order valence-electron chi connectivity index (χ0n) is 18.9. The molecular weight excluding hydrogens is 454 g/mol. The smallest absolute Gasteiger partial charge is 0.342 e. The van der Waals surface area contributed by atoms with Crippen molar-refractivity contribution in [1.29, 1.82) is 0 Å². The van der Waals surface area contributed by atoms with Crippen LogP contribution in [-0.2, 0) is 6.42 Å². The highest BCUT2D eigenvalue weighted by atomic mass is 19.2. The standard InChI is InChI=1S/C26H20F2N4O3/c1-11-5-13(10-32-24(11)31-9-16(25(32)33)26(34)35)15-8-30-19-6-14-18(29-2)7-17(27)23(28)21(14)22(19)20(15)12-3-4-12/h5,7-10,12,29H,3-4,6H2,1-2H3,(H,34,35). The van der Waals surface area contributed by atoms with E-state index >= 15 is 4.39 Å². The number of hydrogen-bond acceptors (Lipinski definition) is 5. The van der Waals surface area contributed by atoms with Crippen molar-refractivity contribution in [3.8, 4) is 22.3 Å². The van der Waals surface area contributed by atoms with E-state index in [0.29, 0.717) is 51.3 Å². The average Bonchev–Trinajstić information content (AvgIpc) is 3.60. The zero-order valence-corrected chi connectivity index (χ0v) is 18.9. The van der Waals surface area contributed by atoms with Gasteiger partial charge in [0.2, 0.25) is 0 Å². The van der Waals surface area contributed by atoms with E-state index in [1.807, 2.05) is 6.07 Å². The van der Waals surface area contributed by atoms with E-state index in [-0.39, 0.29) is 11.5 Å². The summed E-state index contributed by atoms with van der Waals surface area (Å²) in [4.78, 5) is 33.1. The highest BCUT2D eigenvalue weighted by molar-refractivity contribution is 5.89. The monoisotopic (exact) mass is 474 g/mol. The van der Waals surface area contributed by atoms with Gasteiger partial charge in [0.1, 0.15) is 11.2 Å². The highest BCUT2D eigenvalue weighted by Crippen LogP contribution is 2.53. The number of aromatic nitrogens is 3. The van der Waals surface area contributed by atoms with Gasteiger partial charge in [-0.1, -0.05) is 0 Å². The third-order valence-electron chi connectivity index (χ3n) is 6.90. The summed E-state index contributed by atoms with van der Waals surface area (Å²) in [6, 6.07) is 3.03. The Hall–Kier alpha value is -4.14. The minimum absolute atomic E-state index is 0.157. The van der Waals surface area contributed by atoms with Crippen molar-refractivity contribution >= 4 is 17.3 Å². The van der Waals surface area contributed by atoms with Crippen LogP contribution in [0.4, 0.5) is 14.5 Å². The van der Waals surface area contributed by atoms with Gasteiger partial charge in [-0.15, -0.1) is 0 Å². The first-order valence-corrected chi connectivity index (χ1v) is 11.3. The van der Waals surface area contributed by atoms with Gasteiger partial charge in [0, 0.05) is 66.1 Å². The van der Waals surface area contributed by atoms with Crippen LogP contribution in [0.15, 0.2) is 35.5 Å². The molecule has 1 aromatic carbocycles. The summed E-state index contributed by atoms with van der Waals surface area (Å²) < 4.78 is 31.0. The highest BCUT2D eigenvalue weighted by Gasteiger charge is 2.37. The summed E-state index contributed by atoms with van der Waals surface area (Å²) in [5.74, 6) is -3.01. The molecule has 2 N–H and O–H groups in total. The summed E-state index contributed by atoms with van der Waals surface area (Å²) in [5.41, 5.74) is 4.90. The predicted octanol–water partition coefficient (Wildman–Crippen LogP) is 4.53. The second-order valence-corrected chi connectivity index (χ2v) is 9.07. The normalized spacial score (nSPS) is 14.2.